The highest BCUT2D eigenvalue weighted by atomic mass is 16.7. The van der Waals surface area contributed by atoms with Gasteiger partial charge in [0, 0.05) is 0 Å². The molecule has 40 heavy (non-hydrogen) atoms. The van der Waals surface area contributed by atoms with E-state index < -0.39 is 67.4 Å². The van der Waals surface area contributed by atoms with Gasteiger partial charge in [-0.25, -0.2) is 14.4 Å². The summed E-state index contributed by atoms with van der Waals surface area (Å²) < 4.78 is 27.3. The SMILES string of the molecule is COC(=O)C[C@@H]1[C@@H](OC(=O)c2ccccc2)[C@H](O)O[C@H](COC(=O)c2ccccc2)[C@@H]1OC(=O)c1ccccc1. The zero-order valence-corrected chi connectivity index (χ0v) is 21.6. The lowest BCUT2D eigenvalue weighted by atomic mass is 9.85. The number of hydrogen-bond acceptors (Lipinski definition) is 10. The van der Waals surface area contributed by atoms with E-state index in [1.54, 1.807) is 66.7 Å². The number of ether oxygens (including phenoxy) is 5. The molecule has 0 unspecified atom stereocenters. The number of aliphatic hydroxyl groups is 1. The Morgan fingerprint density at radius 2 is 1.15 bits per heavy atom. The fourth-order valence-corrected chi connectivity index (χ4v) is 4.31. The maximum atomic E-state index is 13.1. The van der Waals surface area contributed by atoms with Gasteiger partial charge in [0.1, 0.15) is 18.8 Å². The van der Waals surface area contributed by atoms with Crippen molar-refractivity contribution in [1.82, 2.24) is 0 Å². The van der Waals surface area contributed by atoms with Crippen LogP contribution in [0.2, 0.25) is 0 Å². The van der Waals surface area contributed by atoms with E-state index in [1.807, 2.05) is 0 Å². The Balaban J connectivity index is 1.63. The molecular weight excluding hydrogens is 520 g/mol. The highest BCUT2D eigenvalue weighted by Gasteiger charge is 2.51. The molecule has 4 rings (SSSR count). The van der Waals surface area contributed by atoms with Crippen LogP contribution in [0.1, 0.15) is 37.5 Å². The molecule has 208 valence electrons. The van der Waals surface area contributed by atoms with Crippen molar-refractivity contribution in [3.05, 3.63) is 108 Å². The molecule has 3 aromatic carbocycles. The van der Waals surface area contributed by atoms with E-state index in [0.29, 0.717) is 0 Å². The van der Waals surface area contributed by atoms with Gasteiger partial charge in [-0.1, -0.05) is 54.6 Å². The maximum absolute atomic E-state index is 13.1. The van der Waals surface area contributed by atoms with Crippen molar-refractivity contribution < 1.29 is 48.0 Å². The fraction of sp³-hybridized carbons (Fsp3) is 0.267. The molecule has 10 heteroatoms. The first-order valence-corrected chi connectivity index (χ1v) is 12.5. The van der Waals surface area contributed by atoms with Crippen molar-refractivity contribution in [3.63, 3.8) is 0 Å². The van der Waals surface area contributed by atoms with E-state index in [1.165, 1.54) is 31.4 Å². The Morgan fingerprint density at radius 3 is 1.62 bits per heavy atom. The van der Waals surface area contributed by atoms with Gasteiger partial charge in [-0.15, -0.1) is 0 Å². The molecule has 0 amide bonds. The van der Waals surface area contributed by atoms with Gasteiger partial charge in [-0.05, 0) is 36.4 Å². The molecule has 1 heterocycles. The average molecular weight is 549 g/mol. The molecular formula is C30H28O10. The molecule has 1 saturated heterocycles. The second-order valence-corrected chi connectivity index (χ2v) is 8.95. The summed E-state index contributed by atoms with van der Waals surface area (Å²) in [5.74, 6) is -4.04. The van der Waals surface area contributed by atoms with Gasteiger partial charge in [-0.2, -0.15) is 0 Å². The van der Waals surface area contributed by atoms with Crippen LogP contribution < -0.4 is 0 Å². The minimum absolute atomic E-state index is 0.197. The highest BCUT2D eigenvalue weighted by Crippen LogP contribution is 2.34. The first-order valence-electron chi connectivity index (χ1n) is 12.5. The molecule has 1 aliphatic rings. The number of esters is 4. The predicted molar refractivity (Wildman–Crippen MR) is 139 cm³/mol. The summed E-state index contributed by atoms with van der Waals surface area (Å²) in [6.45, 7) is -0.436. The van der Waals surface area contributed by atoms with E-state index in [0.717, 1.165) is 0 Å². The van der Waals surface area contributed by atoms with Crippen LogP contribution in [0, 0.1) is 5.92 Å². The summed E-state index contributed by atoms with van der Waals surface area (Å²) in [6, 6.07) is 24.3. The Kier molecular flexibility index (Phi) is 9.61. The van der Waals surface area contributed by atoms with Crippen LogP contribution in [0.3, 0.4) is 0 Å². The van der Waals surface area contributed by atoms with Crippen molar-refractivity contribution in [3.8, 4) is 0 Å². The number of methoxy groups -OCH3 is 1. The number of hydrogen-bond donors (Lipinski definition) is 1. The van der Waals surface area contributed by atoms with E-state index in [9.17, 15) is 24.3 Å². The van der Waals surface area contributed by atoms with Crippen molar-refractivity contribution in [2.75, 3.05) is 13.7 Å². The van der Waals surface area contributed by atoms with Crippen LogP contribution in [0.25, 0.3) is 0 Å². The summed E-state index contributed by atoms with van der Waals surface area (Å²) in [5, 5.41) is 10.9. The van der Waals surface area contributed by atoms with Gasteiger partial charge in [-0.3, -0.25) is 4.79 Å². The molecule has 0 bridgehead atoms. The first-order chi connectivity index (χ1) is 19.4. The van der Waals surface area contributed by atoms with Crippen molar-refractivity contribution in [2.45, 2.75) is 31.0 Å². The van der Waals surface area contributed by atoms with Crippen LogP contribution in [0.15, 0.2) is 91.0 Å². The lowest BCUT2D eigenvalue weighted by molar-refractivity contribution is -0.273. The molecule has 0 radical (unpaired) electrons. The molecule has 0 aliphatic carbocycles. The van der Waals surface area contributed by atoms with Crippen LogP contribution in [-0.2, 0) is 28.5 Å². The van der Waals surface area contributed by atoms with Crippen LogP contribution in [0.4, 0.5) is 0 Å². The second kappa shape index (κ2) is 13.5. The van der Waals surface area contributed by atoms with Gasteiger partial charge in [0.25, 0.3) is 0 Å². The van der Waals surface area contributed by atoms with Crippen LogP contribution in [-0.4, -0.2) is 67.3 Å². The summed E-state index contributed by atoms with van der Waals surface area (Å²) in [6.07, 6.45) is -6.07. The second-order valence-electron chi connectivity index (χ2n) is 8.95. The molecule has 5 atom stereocenters. The number of carbonyl (C=O) groups is 4. The number of benzene rings is 3. The van der Waals surface area contributed by atoms with Crippen molar-refractivity contribution >= 4 is 23.9 Å². The summed E-state index contributed by atoms with van der Waals surface area (Å²) >= 11 is 0. The van der Waals surface area contributed by atoms with E-state index >= 15 is 0 Å². The van der Waals surface area contributed by atoms with E-state index in [4.69, 9.17) is 23.7 Å². The number of carbonyl (C=O) groups excluding carboxylic acids is 4. The smallest absolute Gasteiger partial charge is 0.338 e. The van der Waals surface area contributed by atoms with Crippen molar-refractivity contribution in [1.29, 1.82) is 0 Å². The first kappa shape index (κ1) is 28.5. The third kappa shape index (κ3) is 7.10. The van der Waals surface area contributed by atoms with Gasteiger partial charge in [0.05, 0.1) is 36.1 Å². The van der Waals surface area contributed by atoms with Crippen LogP contribution >= 0.6 is 0 Å². The zero-order valence-electron chi connectivity index (χ0n) is 21.6. The lowest BCUT2D eigenvalue weighted by Crippen LogP contribution is -2.58. The van der Waals surface area contributed by atoms with Crippen molar-refractivity contribution in [2.24, 2.45) is 5.92 Å². The standard InChI is InChI=1S/C30H28O10/c1-36-24(31)17-22-25(39-28(33)20-13-7-3-8-14-20)23(18-37-27(32)19-11-5-2-6-12-19)38-30(35)26(22)40-29(34)21-15-9-4-10-16-21/h2-16,22-23,25-26,30,35H,17-18H2,1H3/t22-,23+,25+,26+,30+/m0/s1. The summed E-state index contributed by atoms with van der Waals surface area (Å²) in [7, 11) is 1.17. The largest absolute Gasteiger partial charge is 0.469 e. The summed E-state index contributed by atoms with van der Waals surface area (Å²) in [4.78, 5) is 51.0. The van der Waals surface area contributed by atoms with Crippen LogP contribution in [0.5, 0.6) is 0 Å². The molecule has 1 fully saturated rings. The number of aliphatic hydroxyl groups excluding tert-OH is 1. The van der Waals surface area contributed by atoms with Gasteiger partial charge in [0.2, 0.25) is 0 Å². The maximum Gasteiger partial charge on any atom is 0.338 e. The molecule has 0 spiro atoms. The minimum atomic E-state index is -1.74. The Hall–Kier alpha value is -4.54. The zero-order chi connectivity index (χ0) is 28.5. The molecule has 3 aromatic rings. The molecule has 1 N–H and O–H groups in total. The summed E-state index contributed by atoms with van der Waals surface area (Å²) in [5.41, 5.74) is 0.684. The lowest BCUT2D eigenvalue weighted by Gasteiger charge is -2.43. The Bertz CT molecular complexity index is 1300. The van der Waals surface area contributed by atoms with Gasteiger partial charge < -0.3 is 28.8 Å². The molecule has 10 nitrogen and oxygen atoms in total. The number of rotatable bonds is 9. The van der Waals surface area contributed by atoms with Gasteiger partial charge >= 0.3 is 23.9 Å². The fourth-order valence-electron chi connectivity index (χ4n) is 4.31. The third-order valence-corrected chi connectivity index (χ3v) is 6.33. The molecule has 1 aliphatic heterocycles. The Morgan fingerprint density at radius 1 is 0.700 bits per heavy atom. The minimum Gasteiger partial charge on any atom is -0.469 e. The molecule has 0 saturated carbocycles. The third-order valence-electron chi connectivity index (χ3n) is 6.33. The average Bonchev–Trinajstić information content (AvgIpc) is 3.00. The van der Waals surface area contributed by atoms with E-state index in [2.05, 4.69) is 0 Å². The highest BCUT2D eigenvalue weighted by molar-refractivity contribution is 5.90. The Labute approximate surface area is 230 Å². The normalized spacial score (nSPS) is 22.0. The topological polar surface area (TPSA) is 135 Å². The quantitative estimate of drug-likeness (QED) is 0.314. The van der Waals surface area contributed by atoms with E-state index in [-0.39, 0.29) is 16.7 Å². The monoisotopic (exact) mass is 548 g/mol. The molecule has 0 aromatic heterocycles. The van der Waals surface area contributed by atoms with Gasteiger partial charge in [0.15, 0.2) is 12.4 Å². The predicted octanol–water partition coefficient (Wildman–Crippen LogP) is 3.19.